The minimum absolute atomic E-state index is 0.923. The highest BCUT2D eigenvalue weighted by Gasteiger charge is 1.96. The first-order valence-corrected chi connectivity index (χ1v) is 4.35. The molecule has 0 aliphatic rings. The monoisotopic (exact) mass is 183 g/mol. The van der Waals surface area contributed by atoms with E-state index in [1.54, 1.807) is 5.94 Å². The average Bonchev–Trinajstić information content (AvgIpc) is 2.26. The van der Waals surface area contributed by atoms with Crippen LogP contribution in [0.25, 0.3) is 10.8 Å². The van der Waals surface area contributed by atoms with Gasteiger partial charge in [0, 0.05) is 11.1 Å². The van der Waals surface area contributed by atoms with Crippen LogP contribution in [-0.4, -0.2) is 5.94 Å². The molecule has 0 bridgehead atoms. The molecule has 0 radical (unpaired) electrons. The SMILES string of the molecule is O=C=CNc1cccc2ccccc12. The predicted molar refractivity (Wildman–Crippen MR) is 57.8 cm³/mol. The third kappa shape index (κ3) is 1.51. The maximum absolute atomic E-state index is 10.1. The highest BCUT2D eigenvalue weighted by Crippen LogP contribution is 2.22. The smallest absolute Gasteiger partial charge is 0.142 e. The molecule has 0 saturated carbocycles. The summed E-state index contributed by atoms with van der Waals surface area (Å²) in [6.07, 6.45) is 1.27. The summed E-state index contributed by atoms with van der Waals surface area (Å²) in [5.74, 6) is 1.69. The van der Waals surface area contributed by atoms with Gasteiger partial charge < -0.3 is 5.32 Å². The summed E-state index contributed by atoms with van der Waals surface area (Å²) in [6.45, 7) is 0. The number of nitrogens with one attached hydrogen (secondary N) is 1. The number of hydrogen-bond acceptors (Lipinski definition) is 2. The molecule has 0 fully saturated rings. The fraction of sp³-hybridized carbons (Fsp3) is 0. The summed E-state index contributed by atoms with van der Waals surface area (Å²) in [5, 5.41) is 5.14. The Morgan fingerprint density at radius 2 is 1.86 bits per heavy atom. The predicted octanol–water partition coefficient (Wildman–Crippen LogP) is 2.60. The van der Waals surface area contributed by atoms with E-state index in [0.717, 1.165) is 16.5 Å². The van der Waals surface area contributed by atoms with Crippen molar-refractivity contribution in [3.8, 4) is 0 Å². The van der Waals surface area contributed by atoms with Crippen LogP contribution in [0.1, 0.15) is 0 Å². The van der Waals surface area contributed by atoms with E-state index >= 15 is 0 Å². The molecular formula is C12H9NO. The Kier molecular flexibility index (Phi) is 2.30. The molecule has 0 aromatic heterocycles. The van der Waals surface area contributed by atoms with Crippen LogP contribution in [0.15, 0.2) is 48.7 Å². The minimum atomic E-state index is 0.923. The summed E-state index contributed by atoms with van der Waals surface area (Å²) in [7, 11) is 0. The Balaban J connectivity index is 2.58. The van der Waals surface area contributed by atoms with Crippen LogP contribution < -0.4 is 5.32 Å². The molecular weight excluding hydrogens is 174 g/mol. The standard InChI is InChI=1S/C12H9NO/c14-9-8-13-12-7-3-5-10-4-1-2-6-11(10)12/h1-8,13H. The van der Waals surface area contributed by atoms with Gasteiger partial charge in [-0.3, -0.25) is 0 Å². The molecule has 0 atom stereocenters. The van der Waals surface area contributed by atoms with Gasteiger partial charge in [0.2, 0.25) is 0 Å². The lowest BCUT2D eigenvalue weighted by atomic mass is 10.1. The van der Waals surface area contributed by atoms with Gasteiger partial charge in [-0.25, -0.2) is 4.79 Å². The summed E-state index contributed by atoms with van der Waals surface area (Å²) >= 11 is 0. The van der Waals surface area contributed by atoms with Gasteiger partial charge in [-0.2, -0.15) is 0 Å². The molecule has 0 unspecified atom stereocenters. The lowest BCUT2D eigenvalue weighted by molar-refractivity contribution is 0.569. The highest BCUT2D eigenvalue weighted by atomic mass is 16.1. The van der Waals surface area contributed by atoms with E-state index in [0.29, 0.717) is 0 Å². The van der Waals surface area contributed by atoms with Crippen LogP contribution in [0.4, 0.5) is 5.69 Å². The van der Waals surface area contributed by atoms with E-state index in [4.69, 9.17) is 0 Å². The zero-order valence-corrected chi connectivity index (χ0v) is 7.53. The Bertz CT molecular complexity index is 493. The molecule has 2 rings (SSSR count). The van der Waals surface area contributed by atoms with Crippen molar-refractivity contribution >= 4 is 22.4 Å². The number of benzene rings is 2. The zero-order valence-electron chi connectivity index (χ0n) is 7.53. The van der Waals surface area contributed by atoms with Gasteiger partial charge in [-0.15, -0.1) is 0 Å². The number of hydrogen-bond donors (Lipinski definition) is 1. The Hall–Kier alpha value is -2.05. The second-order valence-electron chi connectivity index (χ2n) is 2.93. The molecule has 0 aliphatic carbocycles. The molecule has 2 nitrogen and oxygen atoms in total. The van der Waals surface area contributed by atoms with Gasteiger partial charge in [0.25, 0.3) is 0 Å². The van der Waals surface area contributed by atoms with Gasteiger partial charge in [0.1, 0.15) is 5.94 Å². The molecule has 0 amide bonds. The number of carbonyl (C=O) groups excluding carboxylic acids is 1. The van der Waals surface area contributed by atoms with Gasteiger partial charge in [-0.05, 0) is 11.5 Å². The molecule has 1 N–H and O–H groups in total. The second kappa shape index (κ2) is 3.77. The summed E-state index contributed by atoms with van der Waals surface area (Å²) < 4.78 is 0. The highest BCUT2D eigenvalue weighted by molar-refractivity contribution is 5.94. The van der Waals surface area contributed by atoms with Crippen molar-refractivity contribution in [2.24, 2.45) is 0 Å². The lowest BCUT2D eigenvalue weighted by Gasteiger charge is -2.04. The summed E-state index contributed by atoms with van der Waals surface area (Å²) in [4.78, 5) is 10.1. The van der Waals surface area contributed by atoms with E-state index in [1.807, 2.05) is 42.5 Å². The van der Waals surface area contributed by atoms with Gasteiger partial charge in [0.05, 0.1) is 6.20 Å². The molecule has 14 heavy (non-hydrogen) atoms. The average molecular weight is 183 g/mol. The minimum Gasteiger partial charge on any atom is -0.352 e. The maximum atomic E-state index is 10.1. The maximum Gasteiger partial charge on any atom is 0.142 e. The van der Waals surface area contributed by atoms with Crippen molar-refractivity contribution in [1.29, 1.82) is 0 Å². The van der Waals surface area contributed by atoms with E-state index in [2.05, 4.69) is 5.32 Å². The van der Waals surface area contributed by atoms with Crippen molar-refractivity contribution in [2.75, 3.05) is 5.32 Å². The van der Waals surface area contributed by atoms with Crippen LogP contribution >= 0.6 is 0 Å². The van der Waals surface area contributed by atoms with Gasteiger partial charge in [-0.1, -0.05) is 36.4 Å². The summed E-state index contributed by atoms with van der Waals surface area (Å²) in [6, 6.07) is 13.9. The van der Waals surface area contributed by atoms with Crippen molar-refractivity contribution < 1.29 is 4.79 Å². The van der Waals surface area contributed by atoms with Gasteiger partial charge >= 0.3 is 0 Å². The quantitative estimate of drug-likeness (QED) is 0.725. The first kappa shape index (κ1) is 8.54. The first-order valence-electron chi connectivity index (χ1n) is 4.35. The Morgan fingerprint density at radius 3 is 2.71 bits per heavy atom. The lowest BCUT2D eigenvalue weighted by Crippen LogP contribution is -1.88. The van der Waals surface area contributed by atoms with Crippen molar-refractivity contribution in [3.05, 3.63) is 48.7 Å². The van der Waals surface area contributed by atoms with Crippen LogP contribution in [-0.2, 0) is 4.79 Å². The van der Waals surface area contributed by atoms with Crippen LogP contribution in [0.3, 0.4) is 0 Å². The second-order valence-corrected chi connectivity index (χ2v) is 2.93. The largest absolute Gasteiger partial charge is 0.352 e. The van der Waals surface area contributed by atoms with E-state index in [1.165, 1.54) is 6.20 Å². The molecule has 2 aromatic carbocycles. The molecule has 2 heteroatoms. The molecule has 0 spiro atoms. The van der Waals surface area contributed by atoms with Gasteiger partial charge in [0.15, 0.2) is 0 Å². The number of anilines is 1. The van der Waals surface area contributed by atoms with Crippen LogP contribution in [0.5, 0.6) is 0 Å². The topological polar surface area (TPSA) is 29.1 Å². The normalized spacial score (nSPS) is 9.43. The van der Waals surface area contributed by atoms with E-state index in [9.17, 15) is 4.79 Å². The third-order valence-corrected chi connectivity index (χ3v) is 2.08. The fourth-order valence-electron chi connectivity index (χ4n) is 1.46. The van der Waals surface area contributed by atoms with Crippen molar-refractivity contribution in [2.45, 2.75) is 0 Å². The molecule has 2 aromatic rings. The Morgan fingerprint density at radius 1 is 1.07 bits per heavy atom. The van der Waals surface area contributed by atoms with Crippen molar-refractivity contribution in [3.63, 3.8) is 0 Å². The molecule has 68 valence electrons. The third-order valence-electron chi connectivity index (χ3n) is 2.08. The Labute approximate surface area is 81.9 Å². The fourth-order valence-corrected chi connectivity index (χ4v) is 1.46. The summed E-state index contributed by atoms with van der Waals surface area (Å²) in [5.41, 5.74) is 0.923. The van der Waals surface area contributed by atoms with Crippen molar-refractivity contribution in [1.82, 2.24) is 0 Å². The molecule has 0 heterocycles. The zero-order chi connectivity index (χ0) is 9.80. The molecule has 0 aliphatic heterocycles. The van der Waals surface area contributed by atoms with E-state index < -0.39 is 0 Å². The van der Waals surface area contributed by atoms with E-state index in [-0.39, 0.29) is 0 Å². The number of rotatable bonds is 2. The van der Waals surface area contributed by atoms with Crippen LogP contribution in [0.2, 0.25) is 0 Å². The first-order chi connectivity index (χ1) is 6.92. The molecule has 0 saturated heterocycles. The number of fused-ring (bicyclic) bond motifs is 1. The van der Waals surface area contributed by atoms with Crippen LogP contribution in [0, 0.1) is 0 Å².